The summed E-state index contributed by atoms with van der Waals surface area (Å²) in [6.07, 6.45) is 0.911. The molecule has 88 valence electrons. The topological polar surface area (TPSA) is 75.0 Å². The van der Waals surface area contributed by atoms with E-state index in [1.165, 1.54) is 6.20 Å². The Morgan fingerprint density at radius 1 is 1.44 bits per heavy atom. The lowest BCUT2D eigenvalue weighted by atomic mass is 10.1. The second-order valence-electron chi connectivity index (χ2n) is 3.83. The van der Waals surface area contributed by atoms with E-state index in [4.69, 9.17) is 5.73 Å². The molecule has 3 N–H and O–H groups in total. The van der Waals surface area contributed by atoms with Crippen LogP contribution in [0.4, 0.5) is 20.3 Å². The van der Waals surface area contributed by atoms with E-state index in [0.717, 1.165) is 0 Å². The van der Waals surface area contributed by atoms with Gasteiger partial charge in [0.25, 0.3) is 5.92 Å². The number of aromatic amines is 1. The maximum absolute atomic E-state index is 12.9. The zero-order valence-electron chi connectivity index (χ0n) is 8.54. The first-order valence-corrected chi connectivity index (χ1v) is 4.95. The highest BCUT2D eigenvalue weighted by Gasteiger charge is 2.34. The Morgan fingerprint density at radius 3 is 2.62 bits per heavy atom. The third-order valence-corrected chi connectivity index (χ3v) is 2.66. The number of aromatic nitrogens is 2. The molecule has 0 aromatic carbocycles. The summed E-state index contributed by atoms with van der Waals surface area (Å²) in [6, 6.07) is 0. The quantitative estimate of drug-likeness (QED) is 0.740. The molecule has 2 rings (SSSR count). The maximum Gasteiger partial charge on any atom is 0.346 e. The fraction of sp³-hybridized carbons (Fsp3) is 0.556. The molecule has 1 fully saturated rings. The largest absolute Gasteiger partial charge is 0.383 e. The number of H-pyrrole nitrogens is 1. The molecule has 7 heteroatoms. The highest BCUT2D eigenvalue weighted by atomic mass is 19.3. The van der Waals surface area contributed by atoms with Crippen LogP contribution in [0.15, 0.2) is 11.0 Å². The van der Waals surface area contributed by atoms with E-state index in [1.54, 1.807) is 4.90 Å². The number of hydrogen-bond donors (Lipinski definition) is 2. The fourth-order valence-corrected chi connectivity index (χ4v) is 1.73. The number of anilines is 2. The molecule has 0 spiro atoms. The molecule has 5 nitrogen and oxygen atoms in total. The van der Waals surface area contributed by atoms with Crippen molar-refractivity contribution >= 4 is 11.5 Å². The third-order valence-electron chi connectivity index (χ3n) is 2.66. The van der Waals surface area contributed by atoms with Gasteiger partial charge >= 0.3 is 5.69 Å². The summed E-state index contributed by atoms with van der Waals surface area (Å²) < 4.78 is 25.9. The van der Waals surface area contributed by atoms with Crippen LogP contribution in [-0.2, 0) is 0 Å². The van der Waals surface area contributed by atoms with E-state index in [2.05, 4.69) is 9.97 Å². The van der Waals surface area contributed by atoms with Crippen molar-refractivity contribution in [2.24, 2.45) is 0 Å². The summed E-state index contributed by atoms with van der Waals surface area (Å²) in [5.74, 6) is -2.42. The van der Waals surface area contributed by atoms with Crippen molar-refractivity contribution in [2.45, 2.75) is 18.8 Å². The molecule has 1 aromatic heterocycles. The first-order valence-electron chi connectivity index (χ1n) is 4.95. The molecule has 16 heavy (non-hydrogen) atoms. The van der Waals surface area contributed by atoms with Gasteiger partial charge in [-0.3, -0.25) is 4.98 Å². The normalized spacial score (nSPS) is 19.8. The minimum absolute atomic E-state index is 0.171. The van der Waals surface area contributed by atoms with Gasteiger partial charge in [-0.15, -0.1) is 0 Å². The Labute approximate surface area is 90.3 Å². The lowest BCUT2D eigenvalue weighted by Crippen LogP contribution is -2.40. The monoisotopic (exact) mass is 230 g/mol. The summed E-state index contributed by atoms with van der Waals surface area (Å²) in [4.78, 5) is 18.4. The zero-order valence-corrected chi connectivity index (χ0v) is 8.54. The van der Waals surface area contributed by atoms with Crippen LogP contribution in [0, 0.1) is 0 Å². The smallest absolute Gasteiger partial charge is 0.346 e. The van der Waals surface area contributed by atoms with Gasteiger partial charge in [-0.1, -0.05) is 0 Å². The number of nitrogens with zero attached hydrogens (tertiary/aromatic N) is 2. The summed E-state index contributed by atoms with van der Waals surface area (Å²) in [5.41, 5.74) is 5.57. The first-order chi connectivity index (χ1) is 7.48. The number of nitrogen functional groups attached to an aromatic ring is 1. The molecule has 1 aliphatic heterocycles. The van der Waals surface area contributed by atoms with E-state index < -0.39 is 11.6 Å². The van der Waals surface area contributed by atoms with Crippen molar-refractivity contribution in [1.82, 2.24) is 9.97 Å². The van der Waals surface area contributed by atoms with E-state index in [1.807, 2.05) is 0 Å². The lowest BCUT2D eigenvalue weighted by molar-refractivity contribution is -0.0220. The van der Waals surface area contributed by atoms with Gasteiger partial charge in [0.15, 0.2) is 0 Å². The highest BCUT2D eigenvalue weighted by molar-refractivity contribution is 5.61. The van der Waals surface area contributed by atoms with Crippen molar-refractivity contribution in [3.63, 3.8) is 0 Å². The number of rotatable bonds is 1. The molecule has 1 aromatic rings. The van der Waals surface area contributed by atoms with Gasteiger partial charge in [0.05, 0.1) is 11.9 Å². The second kappa shape index (κ2) is 3.73. The predicted molar refractivity (Wildman–Crippen MR) is 55.7 cm³/mol. The summed E-state index contributed by atoms with van der Waals surface area (Å²) >= 11 is 0. The molecule has 0 bridgehead atoms. The van der Waals surface area contributed by atoms with Crippen LogP contribution in [0.5, 0.6) is 0 Å². The minimum atomic E-state index is -2.60. The van der Waals surface area contributed by atoms with Gasteiger partial charge in [-0.2, -0.15) is 4.98 Å². The number of hydrogen-bond acceptors (Lipinski definition) is 4. The van der Waals surface area contributed by atoms with Gasteiger partial charge < -0.3 is 10.6 Å². The van der Waals surface area contributed by atoms with Gasteiger partial charge in [-0.25, -0.2) is 13.6 Å². The number of alkyl halides is 2. The Kier molecular flexibility index (Phi) is 2.53. The Balaban J connectivity index is 2.17. The SMILES string of the molecule is Nc1[nH]c(=O)ncc1N1CCC(F)(F)CC1. The molecular formula is C9H12F2N4O. The molecule has 0 saturated carbocycles. The third kappa shape index (κ3) is 2.12. The minimum Gasteiger partial charge on any atom is -0.383 e. The van der Waals surface area contributed by atoms with Crippen molar-refractivity contribution < 1.29 is 8.78 Å². The number of nitrogens with two attached hydrogens (primary N) is 1. The number of halogens is 2. The molecule has 1 aliphatic rings. The molecule has 0 amide bonds. The van der Waals surface area contributed by atoms with Crippen LogP contribution in [0.25, 0.3) is 0 Å². The molecule has 0 unspecified atom stereocenters. The number of piperidine rings is 1. The summed E-state index contributed by atoms with van der Waals surface area (Å²) in [7, 11) is 0. The van der Waals surface area contributed by atoms with Crippen LogP contribution in [0.1, 0.15) is 12.8 Å². The van der Waals surface area contributed by atoms with Crippen LogP contribution in [0.2, 0.25) is 0 Å². The van der Waals surface area contributed by atoms with Crippen LogP contribution in [0.3, 0.4) is 0 Å². The Morgan fingerprint density at radius 2 is 2.06 bits per heavy atom. The predicted octanol–water partition coefficient (Wildman–Crippen LogP) is 0.588. The van der Waals surface area contributed by atoms with Crippen molar-refractivity contribution in [2.75, 3.05) is 23.7 Å². The van der Waals surface area contributed by atoms with Crippen LogP contribution in [-0.4, -0.2) is 29.0 Å². The summed E-state index contributed by atoms with van der Waals surface area (Å²) in [5, 5.41) is 0. The van der Waals surface area contributed by atoms with Crippen molar-refractivity contribution in [3.8, 4) is 0 Å². The van der Waals surface area contributed by atoms with E-state index in [9.17, 15) is 13.6 Å². The van der Waals surface area contributed by atoms with Crippen LogP contribution < -0.4 is 16.3 Å². The number of nitrogens with one attached hydrogen (secondary N) is 1. The van der Waals surface area contributed by atoms with Crippen molar-refractivity contribution in [3.05, 3.63) is 16.7 Å². The Hall–Kier alpha value is -1.66. The molecule has 2 heterocycles. The average Bonchev–Trinajstić information content (AvgIpc) is 2.19. The lowest BCUT2D eigenvalue weighted by Gasteiger charge is -2.33. The molecule has 0 atom stereocenters. The zero-order chi connectivity index (χ0) is 11.8. The van der Waals surface area contributed by atoms with Crippen molar-refractivity contribution in [1.29, 1.82) is 0 Å². The average molecular weight is 230 g/mol. The fourth-order valence-electron chi connectivity index (χ4n) is 1.73. The standard InChI is InChI=1S/C9H12F2N4O/c10-9(11)1-3-15(4-2-9)6-5-13-8(16)14-7(6)12/h5H,1-4H2,(H3,12,13,14,16). The molecule has 0 radical (unpaired) electrons. The van der Waals surface area contributed by atoms with E-state index in [0.29, 0.717) is 5.69 Å². The van der Waals surface area contributed by atoms with E-state index in [-0.39, 0.29) is 31.7 Å². The Bertz CT molecular complexity index is 435. The van der Waals surface area contributed by atoms with Gasteiger partial charge in [0, 0.05) is 25.9 Å². The summed E-state index contributed by atoms with van der Waals surface area (Å²) in [6.45, 7) is 0.426. The second-order valence-corrected chi connectivity index (χ2v) is 3.83. The molecule has 0 aliphatic carbocycles. The van der Waals surface area contributed by atoms with Crippen LogP contribution >= 0.6 is 0 Å². The van der Waals surface area contributed by atoms with E-state index >= 15 is 0 Å². The molecular weight excluding hydrogens is 218 g/mol. The van der Waals surface area contributed by atoms with Gasteiger partial charge in [0.1, 0.15) is 5.82 Å². The maximum atomic E-state index is 12.9. The first kappa shape index (κ1) is 10.8. The van der Waals surface area contributed by atoms with Gasteiger partial charge in [0.2, 0.25) is 0 Å². The molecule has 1 saturated heterocycles. The van der Waals surface area contributed by atoms with Gasteiger partial charge in [-0.05, 0) is 0 Å². The highest BCUT2D eigenvalue weighted by Crippen LogP contribution is 2.31.